The van der Waals surface area contributed by atoms with E-state index in [4.69, 9.17) is 19.6 Å². The molecule has 1 saturated heterocycles. The Bertz CT molecular complexity index is 1580. The average molecular weight is 615 g/mol. The molecule has 0 bridgehead atoms. The van der Waals surface area contributed by atoms with Crippen LogP contribution in [0.2, 0.25) is 25.7 Å². The van der Waals surface area contributed by atoms with Crippen molar-refractivity contribution in [3.63, 3.8) is 0 Å². The van der Waals surface area contributed by atoms with Crippen molar-refractivity contribution >= 4 is 30.9 Å². The van der Waals surface area contributed by atoms with Gasteiger partial charge in [0.15, 0.2) is 0 Å². The van der Waals surface area contributed by atoms with Crippen LogP contribution in [0.5, 0.6) is 0 Å². The van der Waals surface area contributed by atoms with Gasteiger partial charge in [-0.25, -0.2) is 14.5 Å². The van der Waals surface area contributed by atoms with E-state index in [0.717, 1.165) is 52.7 Å². The summed E-state index contributed by atoms with van der Waals surface area (Å²) >= 11 is 0. The van der Waals surface area contributed by atoms with Gasteiger partial charge >= 0.3 is 6.09 Å². The molecule has 0 saturated carbocycles. The van der Waals surface area contributed by atoms with E-state index < -0.39 is 13.7 Å². The molecule has 0 N–H and O–H groups in total. The molecule has 1 amide bonds. The number of ether oxygens (including phenoxy) is 2. The summed E-state index contributed by atoms with van der Waals surface area (Å²) in [5.41, 5.74) is 4.42. The van der Waals surface area contributed by atoms with Crippen molar-refractivity contribution in [3.8, 4) is 11.3 Å². The van der Waals surface area contributed by atoms with Crippen LogP contribution < -0.4 is 4.90 Å². The van der Waals surface area contributed by atoms with Crippen molar-refractivity contribution < 1.29 is 14.3 Å². The van der Waals surface area contributed by atoms with E-state index >= 15 is 0 Å². The first-order valence-electron chi connectivity index (χ1n) is 15.5. The van der Waals surface area contributed by atoms with Gasteiger partial charge in [-0.1, -0.05) is 56.0 Å². The van der Waals surface area contributed by atoms with Gasteiger partial charge in [-0.3, -0.25) is 4.98 Å². The number of nitrogens with zero attached hydrogens (tertiary/aromatic N) is 6. The summed E-state index contributed by atoms with van der Waals surface area (Å²) in [5, 5.41) is 5.83. The quantitative estimate of drug-likeness (QED) is 0.152. The minimum Gasteiger partial charge on any atom is -0.444 e. The maximum atomic E-state index is 13.2. The number of anilines is 1. The van der Waals surface area contributed by atoms with Crippen LogP contribution in [0.15, 0.2) is 60.9 Å². The van der Waals surface area contributed by atoms with Crippen molar-refractivity contribution in [1.29, 1.82) is 0 Å². The Morgan fingerprint density at radius 2 is 1.82 bits per heavy atom. The Balaban J connectivity index is 1.34. The van der Waals surface area contributed by atoms with E-state index in [1.807, 2.05) is 67.9 Å². The molecule has 4 aromatic rings. The lowest BCUT2D eigenvalue weighted by atomic mass is 10.0. The topological polar surface area (TPSA) is 85.6 Å². The Kier molecular flexibility index (Phi) is 9.41. The number of rotatable bonds is 9. The minimum absolute atomic E-state index is 0.0655. The molecule has 0 spiro atoms. The summed E-state index contributed by atoms with van der Waals surface area (Å²) in [4.78, 5) is 26.9. The number of piperazine rings is 1. The van der Waals surface area contributed by atoms with Gasteiger partial charge in [0.05, 0.1) is 35.3 Å². The molecule has 9 nitrogen and oxygen atoms in total. The molecule has 2 aromatic carbocycles. The molecule has 1 aliphatic heterocycles. The van der Waals surface area contributed by atoms with Crippen LogP contribution >= 0.6 is 0 Å². The number of carbonyl (C=O) groups excluding carboxylic acids is 1. The van der Waals surface area contributed by atoms with Crippen molar-refractivity contribution in [2.45, 2.75) is 78.2 Å². The number of amides is 1. The lowest BCUT2D eigenvalue weighted by Gasteiger charge is -2.42. The van der Waals surface area contributed by atoms with Crippen molar-refractivity contribution in [1.82, 2.24) is 24.6 Å². The minimum atomic E-state index is -1.14. The number of hydrogen-bond donors (Lipinski definition) is 0. The fourth-order valence-corrected chi connectivity index (χ4v) is 6.22. The van der Waals surface area contributed by atoms with Gasteiger partial charge in [-0.05, 0) is 57.9 Å². The maximum Gasteiger partial charge on any atom is 0.410 e. The van der Waals surface area contributed by atoms with E-state index in [1.54, 1.807) is 0 Å². The van der Waals surface area contributed by atoms with E-state index in [0.29, 0.717) is 26.4 Å². The van der Waals surface area contributed by atoms with Crippen molar-refractivity contribution in [2.24, 2.45) is 0 Å². The van der Waals surface area contributed by atoms with Gasteiger partial charge in [0.1, 0.15) is 18.1 Å². The van der Waals surface area contributed by atoms with Gasteiger partial charge in [-0.15, -0.1) is 0 Å². The van der Waals surface area contributed by atoms with Gasteiger partial charge < -0.3 is 19.3 Å². The first kappa shape index (κ1) is 31.7. The Labute approximate surface area is 262 Å². The zero-order valence-electron chi connectivity index (χ0n) is 27.2. The zero-order valence-corrected chi connectivity index (χ0v) is 28.2. The predicted molar refractivity (Wildman–Crippen MR) is 179 cm³/mol. The normalized spacial score (nSPS) is 16.0. The molecule has 1 aliphatic rings. The van der Waals surface area contributed by atoms with Gasteiger partial charge in [0, 0.05) is 45.3 Å². The van der Waals surface area contributed by atoms with Crippen molar-refractivity contribution in [3.05, 3.63) is 72.2 Å². The fourth-order valence-electron chi connectivity index (χ4n) is 5.46. The first-order valence-corrected chi connectivity index (χ1v) is 19.2. The monoisotopic (exact) mass is 614 g/mol. The van der Waals surface area contributed by atoms with Crippen molar-refractivity contribution in [2.75, 3.05) is 31.1 Å². The highest BCUT2D eigenvalue weighted by molar-refractivity contribution is 6.76. The van der Waals surface area contributed by atoms with Crippen LogP contribution in [0.3, 0.4) is 0 Å². The van der Waals surface area contributed by atoms with Crippen LogP contribution in [-0.2, 0) is 22.6 Å². The predicted octanol–water partition coefficient (Wildman–Crippen LogP) is 6.78. The third kappa shape index (κ3) is 8.03. The van der Waals surface area contributed by atoms with Crippen LogP contribution in [-0.4, -0.2) is 76.7 Å². The molecule has 1 fully saturated rings. The second-order valence-corrected chi connectivity index (χ2v) is 19.5. The lowest BCUT2D eigenvalue weighted by molar-refractivity contribution is 0.0140. The van der Waals surface area contributed by atoms with Crippen LogP contribution in [0.4, 0.5) is 10.6 Å². The SMILES string of the molecule is Cc1nn(COCC[Si](C)(C)C)c2ccc(-c3cncc(N4CCN(C(=O)OC(C)(C)C)[C@@H](Cc5ccccc5)C4)n3)cc12. The first-order chi connectivity index (χ1) is 20.9. The molecule has 2 aromatic heterocycles. The molecule has 5 rings (SSSR count). The van der Waals surface area contributed by atoms with Crippen LogP contribution in [0, 0.1) is 6.92 Å². The average Bonchev–Trinajstić information content (AvgIpc) is 3.29. The van der Waals surface area contributed by atoms with Gasteiger partial charge in [0.25, 0.3) is 0 Å². The number of hydrogen-bond acceptors (Lipinski definition) is 7. The summed E-state index contributed by atoms with van der Waals surface area (Å²) in [6.07, 6.45) is 4.07. The molecule has 234 valence electrons. The summed E-state index contributed by atoms with van der Waals surface area (Å²) in [5.74, 6) is 0.799. The number of benzene rings is 2. The van der Waals surface area contributed by atoms with Crippen LogP contribution in [0.1, 0.15) is 32.0 Å². The summed E-state index contributed by atoms with van der Waals surface area (Å²) in [6.45, 7) is 17.8. The second kappa shape index (κ2) is 13.1. The van der Waals surface area contributed by atoms with E-state index in [2.05, 4.69) is 59.9 Å². The van der Waals surface area contributed by atoms with Gasteiger partial charge in [0.2, 0.25) is 0 Å². The Hall–Kier alpha value is -3.76. The zero-order chi connectivity index (χ0) is 31.5. The van der Waals surface area contributed by atoms with E-state index in [1.165, 1.54) is 5.56 Å². The Morgan fingerprint density at radius 1 is 1.05 bits per heavy atom. The van der Waals surface area contributed by atoms with E-state index in [-0.39, 0.29) is 12.1 Å². The molecule has 1 atom stereocenters. The number of aromatic nitrogens is 4. The lowest BCUT2D eigenvalue weighted by Crippen LogP contribution is -2.57. The molecule has 0 radical (unpaired) electrons. The van der Waals surface area contributed by atoms with E-state index in [9.17, 15) is 4.79 Å². The molecular weight excluding hydrogens is 568 g/mol. The number of carbonyl (C=O) groups is 1. The smallest absolute Gasteiger partial charge is 0.410 e. The molecule has 0 aliphatic carbocycles. The summed E-state index contributed by atoms with van der Waals surface area (Å²) in [7, 11) is -1.14. The maximum absolute atomic E-state index is 13.2. The molecule has 10 heteroatoms. The highest BCUT2D eigenvalue weighted by Crippen LogP contribution is 2.28. The molecule has 44 heavy (non-hydrogen) atoms. The third-order valence-corrected chi connectivity index (χ3v) is 9.52. The summed E-state index contributed by atoms with van der Waals surface area (Å²) in [6, 6.07) is 17.7. The fraction of sp³-hybridized carbons (Fsp3) is 0.471. The standard InChI is InChI=1S/C34H46N6O3Si/c1-25-29-20-27(13-14-31(29)40(37-25)24-42-17-18-44(5,6)7)30-21-35-22-32(36-30)38-15-16-39(33(41)43-34(2,3)4)28(23-38)19-26-11-9-8-10-12-26/h8-14,20-22,28H,15-19,23-24H2,1-7H3/t28-/m0/s1. The third-order valence-electron chi connectivity index (χ3n) is 7.81. The highest BCUT2D eigenvalue weighted by atomic mass is 28.3. The molecular formula is C34H46N6O3Si. The van der Waals surface area contributed by atoms with Crippen LogP contribution in [0.25, 0.3) is 22.2 Å². The Morgan fingerprint density at radius 3 is 2.55 bits per heavy atom. The summed E-state index contributed by atoms with van der Waals surface area (Å²) < 4.78 is 13.7. The second-order valence-electron chi connectivity index (χ2n) is 13.9. The van der Waals surface area contributed by atoms with Gasteiger partial charge in [-0.2, -0.15) is 5.10 Å². The largest absolute Gasteiger partial charge is 0.444 e. The number of fused-ring (bicyclic) bond motifs is 1. The number of aryl methyl sites for hydroxylation is 1. The molecule has 0 unspecified atom stereocenters. The highest BCUT2D eigenvalue weighted by Gasteiger charge is 2.34. The molecule has 3 heterocycles.